The molecule has 4 rings (SSSR count). The molecule has 1 aliphatic rings. The summed E-state index contributed by atoms with van der Waals surface area (Å²) in [4.78, 5) is 11.3. The van der Waals surface area contributed by atoms with E-state index in [9.17, 15) is 0 Å². The Hall–Kier alpha value is -1.75. The van der Waals surface area contributed by atoms with Crippen LogP contribution in [0.1, 0.15) is 13.3 Å². The van der Waals surface area contributed by atoms with Crippen LogP contribution in [0.2, 0.25) is 0 Å². The van der Waals surface area contributed by atoms with E-state index in [-0.39, 0.29) is 0 Å². The van der Waals surface area contributed by atoms with E-state index in [0.29, 0.717) is 6.04 Å². The topological polar surface area (TPSA) is 42.2 Å². The van der Waals surface area contributed by atoms with Crippen molar-refractivity contribution in [2.75, 3.05) is 23.0 Å². The first-order chi connectivity index (χ1) is 10.3. The highest BCUT2D eigenvalue weighted by molar-refractivity contribution is 7.99. The molecule has 5 heteroatoms. The van der Waals surface area contributed by atoms with Crippen molar-refractivity contribution in [2.45, 2.75) is 19.4 Å². The van der Waals surface area contributed by atoms with Crippen molar-refractivity contribution in [3.63, 3.8) is 0 Å². The van der Waals surface area contributed by atoms with Gasteiger partial charge in [0.1, 0.15) is 17.4 Å². The minimum absolute atomic E-state index is 0.478. The lowest BCUT2D eigenvalue weighted by Crippen LogP contribution is -2.34. The molecule has 0 saturated carbocycles. The highest BCUT2D eigenvalue weighted by Crippen LogP contribution is 2.33. The minimum Gasteiger partial charge on any atom is -0.450 e. The van der Waals surface area contributed by atoms with Gasteiger partial charge in [-0.2, -0.15) is 11.8 Å². The van der Waals surface area contributed by atoms with Gasteiger partial charge in [0.2, 0.25) is 0 Å². The standard InChI is InChI=1S/C16H17N3OS/c1-11-6-8-21-9-7-19(11)16-15-14(17-10-18-16)12-4-2-3-5-13(12)20-15/h2-5,10-11H,6-9H2,1H3. The fourth-order valence-corrected chi connectivity index (χ4v) is 3.96. The van der Waals surface area contributed by atoms with E-state index in [1.165, 1.54) is 12.2 Å². The van der Waals surface area contributed by atoms with Crippen molar-refractivity contribution in [3.8, 4) is 0 Å². The number of aromatic nitrogens is 2. The van der Waals surface area contributed by atoms with E-state index >= 15 is 0 Å². The Kier molecular flexibility index (Phi) is 3.22. The highest BCUT2D eigenvalue weighted by Gasteiger charge is 2.23. The summed E-state index contributed by atoms with van der Waals surface area (Å²) < 4.78 is 6.05. The molecule has 1 aliphatic heterocycles. The van der Waals surface area contributed by atoms with Gasteiger partial charge in [-0.25, -0.2) is 9.97 Å². The van der Waals surface area contributed by atoms with Crippen LogP contribution in [0.4, 0.5) is 5.82 Å². The van der Waals surface area contributed by atoms with Crippen molar-refractivity contribution in [2.24, 2.45) is 0 Å². The van der Waals surface area contributed by atoms with Gasteiger partial charge in [-0.3, -0.25) is 0 Å². The summed E-state index contributed by atoms with van der Waals surface area (Å²) in [7, 11) is 0. The fraction of sp³-hybridized carbons (Fsp3) is 0.375. The van der Waals surface area contributed by atoms with Gasteiger partial charge < -0.3 is 9.32 Å². The first kappa shape index (κ1) is 13.0. The number of rotatable bonds is 1. The zero-order chi connectivity index (χ0) is 14.2. The summed E-state index contributed by atoms with van der Waals surface area (Å²) in [6.45, 7) is 3.28. The molecule has 4 nitrogen and oxygen atoms in total. The van der Waals surface area contributed by atoms with Gasteiger partial charge in [-0.15, -0.1) is 0 Å². The van der Waals surface area contributed by atoms with Gasteiger partial charge in [0.25, 0.3) is 0 Å². The van der Waals surface area contributed by atoms with Crippen molar-refractivity contribution in [1.82, 2.24) is 9.97 Å². The van der Waals surface area contributed by atoms with E-state index in [1.54, 1.807) is 6.33 Å². The maximum atomic E-state index is 6.05. The largest absolute Gasteiger partial charge is 0.450 e. The zero-order valence-electron chi connectivity index (χ0n) is 12.0. The van der Waals surface area contributed by atoms with Crippen LogP contribution in [0.3, 0.4) is 0 Å². The second kappa shape index (κ2) is 5.22. The molecule has 0 bridgehead atoms. The van der Waals surface area contributed by atoms with E-state index in [2.05, 4.69) is 27.9 Å². The lowest BCUT2D eigenvalue weighted by Gasteiger charge is -2.27. The van der Waals surface area contributed by atoms with Crippen molar-refractivity contribution < 1.29 is 4.42 Å². The number of hydrogen-bond acceptors (Lipinski definition) is 5. The quantitative estimate of drug-likeness (QED) is 0.685. The van der Waals surface area contributed by atoms with Crippen molar-refractivity contribution >= 4 is 39.6 Å². The third-order valence-corrected chi connectivity index (χ3v) is 5.10. The number of anilines is 1. The normalized spacial score (nSPS) is 20.0. The molecule has 2 aromatic heterocycles. The predicted octanol–water partition coefficient (Wildman–Crippen LogP) is 3.71. The Bertz CT molecular complexity index is 785. The van der Waals surface area contributed by atoms with Crippen LogP contribution < -0.4 is 4.90 Å². The summed E-state index contributed by atoms with van der Waals surface area (Å²) in [5.74, 6) is 3.29. The summed E-state index contributed by atoms with van der Waals surface area (Å²) in [6.07, 6.45) is 2.83. The van der Waals surface area contributed by atoms with Gasteiger partial charge in [0, 0.05) is 23.7 Å². The lowest BCUT2D eigenvalue weighted by atomic mass is 10.2. The average molecular weight is 299 g/mol. The second-order valence-corrected chi connectivity index (χ2v) is 6.64. The Balaban J connectivity index is 1.91. The fourth-order valence-electron chi connectivity index (χ4n) is 2.93. The molecule has 108 valence electrons. The minimum atomic E-state index is 0.478. The molecule has 0 amide bonds. The molecule has 3 aromatic rings. The van der Waals surface area contributed by atoms with Gasteiger partial charge in [0.15, 0.2) is 11.4 Å². The second-order valence-electron chi connectivity index (χ2n) is 5.42. The molecule has 1 unspecified atom stereocenters. The number of nitrogens with zero attached hydrogens (tertiary/aromatic N) is 3. The molecule has 3 heterocycles. The smallest absolute Gasteiger partial charge is 0.196 e. The van der Waals surface area contributed by atoms with E-state index in [1.807, 2.05) is 30.0 Å². The zero-order valence-corrected chi connectivity index (χ0v) is 12.8. The summed E-state index contributed by atoms with van der Waals surface area (Å²) in [5.41, 5.74) is 2.61. The molecular formula is C16H17N3OS. The predicted molar refractivity (Wildman–Crippen MR) is 88.1 cm³/mol. The molecular weight excluding hydrogens is 282 g/mol. The number of furan rings is 1. The molecule has 0 radical (unpaired) electrons. The number of thioether (sulfide) groups is 1. The molecule has 1 aromatic carbocycles. The first-order valence-corrected chi connectivity index (χ1v) is 8.46. The van der Waals surface area contributed by atoms with Crippen molar-refractivity contribution in [3.05, 3.63) is 30.6 Å². The van der Waals surface area contributed by atoms with Crippen LogP contribution in [0.5, 0.6) is 0 Å². The van der Waals surface area contributed by atoms with Gasteiger partial charge in [-0.05, 0) is 31.2 Å². The number of fused-ring (bicyclic) bond motifs is 3. The van der Waals surface area contributed by atoms with Gasteiger partial charge in [0.05, 0.1) is 0 Å². The molecule has 1 atom stereocenters. The van der Waals surface area contributed by atoms with Crippen LogP contribution in [-0.2, 0) is 0 Å². The molecule has 21 heavy (non-hydrogen) atoms. The Morgan fingerprint density at radius 3 is 3.10 bits per heavy atom. The third kappa shape index (κ3) is 2.16. The van der Waals surface area contributed by atoms with E-state index < -0.39 is 0 Å². The summed E-state index contributed by atoms with van der Waals surface area (Å²) in [5, 5.41) is 1.06. The van der Waals surface area contributed by atoms with Gasteiger partial charge >= 0.3 is 0 Å². The number of hydrogen-bond donors (Lipinski definition) is 0. The molecule has 0 N–H and O–H groups in total. The molecule has 1 fully saturated rings. The van der Waals surface area contributed by atoms with Crippen LogP contribution in [0.25, 0.3) is 22.1 Å². The maximum Gasteiger partial charge on any atom is 0.196 e. The van der Waals surface area contributed by atoms with E-state index in [0.717, 1.165) is 40.2 Å². The van der Waals surface area contributed by atoms with Crippen LogP contribution in [0.15, 0.2) is 35.0 Å². The van der Waals surface area contributed by atoms with Crippen molar-refractivity contribution in [1.29, 1.82) is 0 Å². The molecule has 0 spiro atoms. The summed E-state index contributed by atoms with van der Waals surface area (Å²) >= 11 is 2.01. The van der Waals surface area contributed by atoms with Crippen LogP contribution >= 0.6 is 11.8 Å². The molecule has 0 aliphatic carbocycles. The Morgan fingerprint density at radius 1 is 1.24 bits per heavy atom. The maximum absolute atomic E-state index is 6.05. The van der Waals surface area contributed by atoms with Crippen LogP contribution in [-0.4, -0.2) is 34.1 Å². The number of para-hydroxylation sites is 1. The third-order valence-electron chi connectivity index (χ3n) is 4.10. The SMILES string of the molecule is CC1CCSCCN1c1ncnc2c1oc1ccccc12. The first-order valence-electron chi connectivity index (χ1n) is 7.31. The lowest BCUT2D eigenvalue weighted by molar-refractivity contribution is 0.620. The van der Waals surface area contributed by atoms with Gasteiger partial charge in [-0.1, -0.05) is 12.1 Å². The molecule has 1 saturated heterocycles. The number of benzene rings is 1. The van der Waals surface area contributed by atoms with Crippen LogP contribution in [0, 0.1) is 0 Å². The monoisotopic (exact) mass is 299 g/mol. The Labute approximate surface area is 127 Å². The highest BCUT2D eigenvalue weighted by atomic mass is 32.2. The van der Waals surface area contributed by atoms with E-state index in [4.69, 9.17) is 4.42 Å². The average Bonchev–Trinajstić information content (AvgIpc) is 2.76. The Morgan fingerprint density at radius 2 is 2.14 bits per heavy atom. The summed E-state index contributed by atoms with van der Waals surface area (Å²) in [6, 6.07) is 8.53.